The maximum absolute atomic E-state index is 13.2. The molecule has 0 N–H and O–H groups in total. The van der Waals surface area contributed by atoms with Crippen LogP contribution in [-0.2, 0) is 26.2 Å². The first-order chi connectivity index (χ1) is 12.7. The summed E-state index contributed by atoms with van der Waals surface area (Å²) in [7, 11) is 0. The van der Waals surface area contributed by atoms with Crippen molar-refractivity contribution < 1.29 is 8.78 Å². The van der Waals surface area contributed by atoms with Crippen LogP contribution in [0.15, 0.2) is 60.7 Å². The predicted octanol–water partition coefficient (Wildman–Crippen LogP) is 5.01. The van der Waals surface area contributed by atoms with Gasteiger partial charge < -0.3 is 9.80 Å². The molecule has 2 aliphatic heterocycles. The average molecular weight is 348 g/mol. The van der Waals surface area contributed by atoms with Gasteiger partial charge in [-0.15, -0.1) is 0 Å². The van der Waals surface area contributed by atoms with Crippen LogP contribution in [0.1, 0.15) is 22.3 Å². The molecule has 0 fully saturated rings. The van der Waals surface area contributed by atoms with E-state index in [1.807, 2.05) is 24.3 Å². The second-order valence-corrected chi connectivity index (χ2v) is 7.05. The second-order valence-electron chi connectivity index (χ2n) is 7.05. The number of benzene rings is 3. The first-order valence-electron chi connectivity index (χ1n) is 8.80. The smallest absolute Gasteiger partial charge is 0.123 e. The number of hydrogen-bond acceptors (Lipinski definition) is 2. The van der Waals surface area contributed by atoms with Crippen LogP contribution in [0.25, 0.3) is 0 Å². The van der Waals surface area contributed by atoms with Crippen LogP contribution < -0.4 is 9.80 Å². The molecule has 5 rings (SSSR count). The number of rotatable bonds is 2. The molecule has 0 saturated heterocycles. The molecule has 0 bridgehead atoms. The van der Waals surface area contributed by atoms with E-state index >= 15 is 0 Å². The van der Waals surface area contributed by atoms with Crippen molar-refractivity contribution in [2.45, 2.75) is 26.2 Å². The van der Waals surface area contributed by atoms with Crippen LogP contribution in [0.4, 0.5) is 20.2 Å². The summed E-state index contributed by atoms with van der Waals surface area (Å²) < 4.78 is 26.3. The molecule has 0 radical (unpaired) electrons. The third-order valence-electron chi connectivity index (χ3n) is 5.35. The van der Waals surface area contributed by atoms with Crippen LogP contribution >= 0.6 is 0 Å². The van der Waals surface area contributed by atoms with Crippen LogP contribution in [-0.4, -0.2) is 0 Å². The zero-order valence-corrected chi connectivity index (χ0v) is 14.3. The molecule has 0 saturated carbocycles. The highest BCUT2D eigenvalue weighted by atomic mass is 19.1. The summed E-state index contributed by atoms with van der Waals surface area (Å²) in [6.45, 7) is 3.41. The minimum Gasteiger partial charge on any atom is -0.363 e. The van der Waals surface area contributed by atoms with Crippen molar-refractivity contribution in [3.63, 3.8) is 0 Å². The summed E-state index contributed by atoms with van der Waals surface area (Å²) in [5, 5.41) is 0. The highest BCUT2D eigenvalue weighted by molar-refractivity contribution is 5.57. The summed E-state index contributed by atoms with van der Waals surface area (Å²) >= 11 is 0. The lowest BCUT2D eigenvalue weighted by Gasteiger charge is -2.18. The SMILES string of the molecule is Fc1ccc(N2Cc3cc4c(cc3C2)CN(c2ccc(F)cc2)C4)cc1. The Hall–Kier alpha value is -2.88. The summed E-state index contributed by atoms with van der Waals surface area (Å²) in [4.78, 5) is 4.55. The molecule has 130 valence electrons. The third-order valence-corrected chi connectivity index (χ3v) is 5.35. The van der Waals surface area contributed by atoms with E-state index in [1.165, 1.54) is 46.5 Å². The van der Waals surface area contributed by atoms with E-state index in [-0.39, 0.29) is 11.6 Å². The number of anilines is 2. The zero-order chi connectivity index (χ0) is 17.7. The lowest BCUT2D eigenvalue weighted by molar-refractivity contribution is 0.627. The quantitative estimate of drug-likeness (QED) is 0.643. The number of halogens is 2. The van der Waals surface area contributed by atoms with Crippen molar-refractivity contribution in [3.05, 3.63) is 94.6 Å². The van der Waals surface area contributed by atoms with Crippen molar-refractivity contribution in [2.75, 3.05) is 9.80 Å². The first-order valence-corrected chi connectivity index (χ1v) is 8.80. The average Bonchev–Trinajstić information content (AvgIpc) is 3.23. The highest BCUT2D eigenvalue weighted by Crippen LogP contribution is 2.35. The summed E-state index contributed by atoms with van der Waals surface area (Å²) in [6, 6.07) is 18.0. The molecule has 3 aromatic carbocycles. The Morgan fingerprint density at radius 1 is 0.500 bits per heavy atom. The topological polar surface area (TPSA) is 6.48 Å². The van der Waals surface area contributed by atoms with E-state index in [2.05, 4.69) is 21.9 Å². The van der Waals surface area contributed by atoms with Gasteiger partial charge >= 0.3 is 0 Å². The zero-order valence-electron chi connectivity index (χ0n) is 14.3. The molecular weight excluding hydrogens is 330 g/mol. The maximum Gasteiger partial charge on any atom is 0.123 e. The van der Waals surface area contributed by atoms with E-state index in [9.17, 15) is 8.78 Å². The minimum absolute atomic E-state index is 0.203. The molecule has 0 amide bonds. The molecule has 0 spiro atoms. The van der Waals surface area contributed by atoms with Gasteiger partial charge in [0, 0.05) is 37.6 Å². The normalized spacial score (nSPS) is 15.3. The molecular formula is C22H18F2N2. The Kier molecular flexibility index (Phi) is 3.45. The largest absolute Gasteiger partial charge is 0.363 e. The molecule has 0 unspecified atom stereocenters. The van der Waals surface area contributed by atoms with Gasteiger partial charge in [-0.1, -0.05) is 12.1 Å². The summed E-state index contributed by atoms with van der Waals surface area (Å²) in [5.41, 5.74) is 7.47. The Bertz CT molecular complexity index is 853. The predicted molar refractivity (Wildman–Crippen MR) is 99.0 cm³/mol. The van der Waals surface area contributed by atoms with Gasteiger partial charge in [0.05, 0.1) is 0 Å². The maximum atomic E-state index is 13.2. The van der Waals surface area contributed by atoms with Crippen molar-refractivity contribution >= 4 is 11.4 Å². The number of fused-ring (bicyclic) bond motifs is 2. The Labute approximate surface area is 151 Å². The van der Waals surface area contributed by atoms with Gasteiger partial charge in [-0.25, -0.2) is 8.78 Å². The molecule has 26 heavy (non-hydrogen) atoms. The van der Waals surface area contributed by atoms with Crippen molar-refractivity contribution in [1.29, 1.82) is 0 Å². The molecule has 2 aliphatic rings. The third kappa shape index (κ3) is 2.62. The second kappa shape index (κ2) is 5.84. The van der Waals surface area contributed by atoms with Crippen LogP contribution in [0.3, 0.4) is 0 Å². The number of nitrogens with zero attached hydrogens (tertiary/aromatic N) is 2. The van der Waals surface area contributed by atoms with Gasteiger partial charge in [0.1, 0.15) is 11.6 Å². The number of hydrogen-bond donors (Lipinski definition) is 0. The van der Waals surface area contributed by atoms with Gasteiger partial charge in [0.15, 0.2) is 0 Å². The Balaban J connectivity index is 1.37. The van der Waals surface area contributed by atoms with E-state index in [4.69, 9.17) is 0 Å². The lowest BCUT2D eigenvalue weighted by atomic mass is 10.0. The first kappa shape index (κ1) is 15.4. The fourth-order valence-electron chi connectivity index (χ4n) is 3.98. The molecule has 2 nitrogen and oxygen atoms in total. The fraction of sp³-hybridized carbons (Fsp3) is 0.182. The van der Waals surface area contributed by atoms with Gasteiger partial charge in [0.2, 0.25) is 0 Å². The molecule has 0 aliphatic carbocycles. The fourth-order valence-corrected chi connectivity index (χ4v) is 3.98. The minimum atomic E-state index is -0.203. The Morgan fingerprint density at radius 2 is 0.808 bits per heavy atom. The molecule has 4 heteroatoms. The van der Waals surface area contributed by atoms with Gasteiger partial charge in [-0.2, -0.15) is 0 Å². The highest BCUT2D eigenvalue weighted by Gasteiger charge is 2.25. The van der Waals surface area contributed by atoms with Crippen LogP contribution in [0, 0.1) is 11.6 Å². The molecule has 3 aromatic rings. The van der Waals surface area contributed by atoms with Crippen LogP contribution in [0.5, 0.6) is 0 Å². The summed E-state index contributed by atoms with van der Waals surface area (Å²) in [6.07, 6.45) is 0. The molecule has 0 atom stereocenters. The van der Waals surface area contributed by atoms with E-state index in [0.29, 0.717) is 0 Å². The molecule has 2 heterocycles. The van der Waals surface area contributed by atoms with Gasteiger partial charge in [0.25, 0.3) is 0 Å². The Morgan fingerprint density at radius 3 is 1.12 bits per heavy atom. The van der Waals surface area contributed by atoms with Crippen molar-refractivity contribution in [3.8, 4) is 0 Å². The van der Waals surface area contributed by atoms with Crippen molar-refractivity contribution in [2.24, 2.45) is 0 Å². The van der Waals surface area contributed by atoms with Gasteiger partial charge in [-0.05, 0) is 70.8 Å². The summed E-state index contributed by atoms with van der Waals surface area (Å²) in [5.74, 6) is -0.407. The van der Waals surface area contributed by atoms with E-state index < -0.39 is 0 Å². The van der Waals surface area contributed by atoms with Crippen molar-refractivity contribution in [1.82, 2.24) is 0 Å². The van der Waals surface area contributed by atoms with E-state index in [1.54, 1.807) is 0 Å². The van der Waals surface area contributed by atoms with E-state index in [0.717, 1.165) is 37.6 Å². The monoisotopic (exact) mass is 348 g/mol. The molecule has 0 aromatic heterocycles. The van der Waals surface area contributed by atoms with Crippen LogP contribution in [0.2, 0.25) is 0 Å². The van der Waals surface area contributed by atoms with Gasteiger partial charge in [-0.3, -0.25) is 0 Å². The standard InChI is InChI=1S/C22H18F2N2/c23-19-1-5-21(6-2-19)25-11-15-9-17-13-26(14-18(17)10-16(15)12-25)22-7-3-20(24)4-8-22/h1-10H,11-14H2. The lowest BCUT2D eigenvalue weighted by Crippen LogP contribution is -2.15.